The highest BCUT2D eigenvalue weighted by Gasteiger charge is 2.71. The molecule has 0 aromatic heterocycles. The van der Waals surface area contributed by atoms with Gasteiger partial charge in [0.05, 0.1) is 32.3 Å². The minimum atomic E-state index is -5.29. The van der Waals surface area contributed by atoms with Crippen molar-refractivity contribution in [3.05, 3.63) is 101 Å². The normalized spacial score (nSPS) is 33.8. The summed E-state index contributed by atoms with van der Waals surface area (Å²) in [6, 6.07) is 18.1. The van der Waals surface area contributed by atoms with E-state index in [-0.39, 0.29) is 23.0 Å². The van der Waals surface area contributed by atoms with Gasteiger partial charge in [-0.15, -0.1) is 13.2 Å². The summed E-state index contributed by atoms with van der Waals surface area (Å²) < 4.78 is 58.5. The van der Waals surface area contributed by atoms with Crippen molar-refractivity contribution in [2.24, 2.45) is 11.3 Å². The van der Waals surface area contributed by atoms with Crippen LogP contribution in [-0.2, 0) is 30.2 Å². The zero-order valence-corrected chi connectivity index (χ0v) is 27.0. The Morgan fingerprint density at radius 3 is 2.48 bits per heavy atom. The molecular formula is C37H40F3N2O6+. The number of hydrogen-bond acceptors (Lipinski definition) is 6. The van der Waals surface area contributed by atoms with Gasteiger partial charge in [0, 0.05) is 43.1 Å². The molecule has 8 nitrogen and oxygen atoms in total. The van der Waals surface area contributed by atoms with Gasteiger partial charge < -0.3 is 29.1 Å². The number of piperidine rings is 1. The molecule has 7 atom stereocenters. The minimum absolute atomic E-state index is 0.0588. The third-order valence-corrected chi connectivity index (χ3v) is 11.3. The number of hydrogen-bond donors (Lipinski definition) is 2. The van der Waals surface area contributed by atoms with Gasteiger partial charge in [0.2, 0.25) is 11.5 Å². The smallest absolute Gasteiger partial charge is 0.504 e. The topological polar surface area (TPSA) is 94.1 Å². The summed E-state index contributed by atoms with van der Waals surface area (Å²) >= 11 is 0. The van der Waals surface area contributed by atoms with Crippen molar-refractivity contribution in [3.63, 3.8) is 0 Å². The summed E-state index contributed by atoms with van der Waals surface area (Å²) in [5.74, 6) is -4.25. The van der Waals surface area contributed by atoms with Crippen LogP contribution in [0.5, 0.6) is 0 Å². The maximum Gasteiger partial charge on any atom is 0.573 e. The van der Waals surface area contributed by atoms with Gasteiger partial charge in [0.1, 0.15) is 6.10 Å². The summed E-state index contributed by atoms with van der Waals surface area (Å²) in [5.41, 5.74) is 0.976. The summed E-state index contributed by atoms with van der Waals surface area (Å²) in [4.78, 5) is 26.4. The maximum absolute atomic E-state index is 13.8. The van der Waals surface area contributed by atoms with Gasteiger partial charge in [-0.2, -0.15) is 0 Å². The Morgan fingerprint density at radius 1 is 1.08 bits per heavy atom. The highest BCUT2D eigenvalue weighted by molar-refractivity contribution is 5.98. The molecule has 2 aromatic rings. The van der Waals surface area contributed by atoms with Crippen LogP contribution < -0.4 is 5.32 Å². The van der Waals surface area contributed by atoms with Crippen molar-refractivity contribution in [2.75, 3.05) is 20.1 Å². The number of nitrogens with zero attached hydrogens (tertiary/aromatic N) is 1. The Hall–Kier alpha value is -4.09. The number of quaternary nitrogens is 1. The molecular weight excluding hydrogens is 625 g/mol. The number of amides is 1. The second kappa shape index (κ2) is 11.8. The molecule has 1 amide bonds. The van der Waals surface area contributed by atoms with E-state index < -0.39 is 41.6 Å². The number of carbonyl (C=O) groups excluding carboxylic acids is 2. The number of ether oxygens (including phenoxy) is 3. The highest BCUT2D eigenvalue weighted by Crippen LogP contribution is 2.67. The Morgan fingerprint density at radius 2 is 1.79 bits per heavy atom. The fraction of sp³-hybridized carbons (Fsp3) is 0.459. The van der Waals surface area contributed by atoms with Crippen molar-refractivity contribution >= 4 is 17.6 Å². The van der Waals surface area contributed by atoms with Crippen LogP contribution in [0.1, 0.15) is 50.2 Å². The molecule has 2 aromatic carbocycles. The number of nitrogens with one attached hydrogen (secondary N) is 1. The molecule has 11 heteroatoms. The molecule has 1 saturated carbocycles. The molecule has 1 spiro atoms. The molecule has 48 heavy (non-hydrogen) atoms. The van der Waals surface area contributed by atoms with Crippen LogP contribution in [-0.4, -0.2) is 71.9 Å². The Kier molecular flexibility index (Phi) is 7.98. The number of benzene rings is 2. The van der Waals surface area contributed by atoms with E-state index in [1.807, 2.05) is 12.1 Å². The lowest BCUT2D eigenvalue weighted by Crippen LogP contribution is -2.69. The van der Waals surface area contributed by atoms with Gasteiger partial charge in [-0.05, 0) is 35.6 Å². The number of carbonyl (C=O) groups is 2. The fourth-order valence-corrected chi connectivity index (χ4v) is 9.37. The van der Waals surface area contributed by atoms with E-state index in [2.05, 4.69) is 41.4 Å². The number of likely N-dealkylation sites (tertiary alicyclic amines) is 1. The van der Waals surface area contributed by atoms with Crippen LogP contribution in [0.15, 0.2) is 89.7 Å². The van der Waals surface area contributed by atoms with E-state index in [0.717, 1.165) is 67.2 Å². The molecule has 7 rings (SSSR count). The van der Waals surface area contributed by atoms with E-state index >= 15 is 0 Å². The highest BCUT2D eigenvalue weighted by atomic mass is 19.4. The van der Waals surface area contributed by atoms with E-state index in [9.17, 15) is 27.9 Å². The average molecular weight is 666 g/mol. The SMILES string of the molecule is CC(=O)OC1(NC(=O)C(OC(F)(F)F)=C(O)c2ccccc2)C=CC2=C3C1O[C@H]1CCC[C@H]4[C@@H](C2)[N+](C)(CCc2ccccc2)CC[C@]314. The molecule has 0 radical (unpaired) electrons. The van der Waals surface area contributed by atoms with Crippen LogP contribution in [0.3, 0.4) is 0 Å². The van der Waals surface area contributed by atoms with Gasteiger partial charge in [-0.25, -0.2) is 0 Å². The first-order chi connectivity index (χ1) is 22.9. The molecule has 3 aliphatic carbocycles. The molecule has 5 aliphatic rings. The molecule has 2 bridgehead atoms. The quantitative estimate of drug-likeness (QED) is 0.116. The standard InChI is InChI=1S/C37H39F3N2O6/c1-23(43)47-36(41-34(45)32(48-37(38,39)40)31(44)25-12-7-4-8-13-25)18-16-26-22-28-27-14-9-15-29-35(27,30(26)33(36)46-29)19-21-42(28,2)20-17-24-10-5-3-6-11-24/h3-8,10-13,16,18,27-29,33H,9,14-15,17,19-22H2,1-2H3,(H-,41,44,45)/p+1/t27-,28+,29-,33?,35+,36?,42?/m0/s1. The van der Waals surface area contributed by atoms with E-state index in [4.69, 9.17) is 9.47 Å². The van der Waals surface area contributed by atoms with Crippen molar-refractivity contribution in [2.45, 2.75) is 75.8 Å². The van der Waals surface area contributed by atoms with Crippen LogP contribution in [0, 0.1) is 11.3 Å². The van der Waals surface area contributed by atoms with Gasteiger partial charge >= 0.3 is 12.3 Å². The number of rotatable bonds is 8. The summed E-state index contributed by atoms with van der Waals surface area (Å²) in [5, 5.41) is 13.4. The van der Waals surface area contributed by atoms with Crippen LogP contribution in [0.2, 0.25) is 0 Å². The monoisotopic (exact) mass is 665 g/mol. The lowest BCUT2D eigenvalue weighted by Gasteiger charge is -2.61. The maximum atomic E-state index is 13.8. The first-order valence-corrected chi connectivity index (χ1v) is 16.6. The number of allylic oxidation sites excluding steroid dienone is 1. The minimum Gasteiger partial charge on any atom is -0.504 e. The van der Waals surface area contributed by atoms with Crippen molar-refractivity contribution < 1.29 is 46.6 Å². The van der Waals surface area contributed by atoms with Gasteiger partial charge in [0.15, 0.2) is 5.76 Å². The number of likely N-dealkylation sites (N-methyl/N-ethyl adjacent to an activating group) is 1. The van der Waals surface area contributed by atoms with Crippen LogP contribution in [0.4, 0.5) is 13.2 Å². The zero-order chi connectivity index (χ0) is 33.9. The van der Waals surface area contributed by atoms with E-state index in [1.54, 1.807) is 6.07 Å². The second-order valence-electron chi connectivity index (χ2n) is 14.0. The summed E-state index contributed by atoms with van der Waals surface area (Å²) in [7, 11) is 2.35. The molecule has 254 valence electrons. The van der Waals surface area contributed by atoms with Gasteiger partial charge in [0.25, 0.3) is 5.91 Å². The molecule has 2 heterocycles. The number of aliphatic hydroxyl groups excluding tert-OH is 1. The Balaban J connectivity index is 1.26. The number of alkyl halides is 3. The van der Waals surface area contributed by atoms with E-state index in [0.29, 0.717) is 6.04 Å². The summed E-state index contributed by atoms with van der Waals surface area (Å²) in [6.07, 6.45) is 2.24. The molecule has 2 N–H and O–H groups in total. The fourth-order valence-electron chi connectivity index (χ4n) is 9.37. The van der Waals surface area contributed by atoms with Gasteiger partial charge in [-0.3, -0.25) is 9.59 Å². The Bertz CT molecular complexity index is 1690. The Labute approximate surface area is 277 Å². The van der Waals surface area contributed by atoms with Crippen molar-refractivity contribution in [1.82, 2.24) is 5.32 Å². The lowest BCUT2D eigenvalue weighted by molar-refractivity contribution is -0.945. The third-order valence-electron chi connectivity index (χ3n) is 11.3. The number of aliphatic hydroxyl groups is 1. The predicted octanol–water partition coefficient (Wildman–Crippen LogP) is 6.11. The van der Waals surface area contributed by atoms with E-state index in [1.165, 1.54) is 42.8 Å². The first-order valence-electron chi connectivity index (χ1n) is 16.6. The largest absolute Gasteiger partial charge is 0.573 e. The first kappa shape index (κ1) is 32.5. The second-order valence-corrected chi connectivity index (χ2v) is 14.0. The molecule has 2 saturated heterocycles. The molecule has 2 aliphatic heterocycles. The average Bonchev–Trinajstić information content (AvgIpc) is 3.41. The zero-order valence-electron chi connectivity index (χ0n) is 27.0. The van der Waals surface area contributed by atoms with Crippen molar-refractivity contribution in [1.29, 1.82) is 0 Å². The molecule has 3 fully saturated rings. The van der Waals surface area contributed by atoms with Crippen molar-refractivity contribution in [3.8, 4) is 0 Å². The number of halogens is 3. The van der Waals surface area contributed by atoms with Crippen LogP contribution in [0.25, 0.3) is 5.76 Å². The summed E-state index contributed by atoms with van der Waals surface area (Å²) in [6.45, 7) is 3.09. The van der Waals surface area contributed by atoms with Gasteiger partial charge in [-0.1, -0.05) is 73.2 Å². The lowest BCUT2D eigenvalue weighted by atomic mass is 9.50. The number of esters is 1. The third kappa shape index (κ3) is 5.41. The van der Waals surface area contributed by atoms with Crippen LogP contribution >= 0.6 is 0 Å². The predicted molar refractivity (Wildman–Crippen MR) is 169 cm³/mol. The molecule has 3 unspecified atom stereocenters.